The lowest BCUT2D eigenvalue weighted by molar-refractivity contribution is 0.241. The molecule has 110 valence electrons. The Morgan fingerprint density at radius 2 is 1.45 bits per heavy atom. The van der Waals surface area contributed by atoms with E-state index in [4.69, 9.17) is 0 Å². The fourth-order valence-electron chi connectivity index (χ4n) is 3.82. The lowest BCUT2D eigenvalue weighted by atomic mass is 9.70. The fraction of sp³-hybridized carbons (Fsp3) is 0.286. The second kappa shape index (κ2) is 6.20. The smallest absolute Gasteiger partial charge is 0.0665 e. The number of hydrogen-bond acceptors (Lipinski definition) is 1. The first-order valence-electron chi connectivity index (χ1n) is 7.86. The van der Waals surface area contributed by atoms with Crippen LogP contribution in [0.2, 0.25) is 0 Å². The average Bonchev–Trinajstić information content (AvgIpc) is 2.84. The minimum atomic E-state index is -0.0193. The quantitative estimate of drug-likeness (QED) is 0.730. The van der Waals surface area contributed by atoms with Gasteiger partial charge in [0.15, 0.2) is 0 Å². The predicted octanol–water partition coefficient (Wildman–Crippen LogP) is 4.95. The van der Waals surface area contributed by atoms with Gasteiger partial charge in [-0.05, 0) is 42.2 Å². The molecule has 0 aliphatic heterocycles. The van der Waals surface area contributed by atoms with Crippen LogP contribution in [0.3, 0.4) is 0 Å². The zero-order valence-electron chi connectivity index (χ0n) is 12.8. The van der Waals surface area contributed by atoms with Crippen molar-refractivity contribution >= 4 is 0 Å². The standard InChI is InChI=1S/C21H21N/c1-17-12-20(16-22)21(13-17,14-18-8-4-2-5-9-18)15-19-10-6-3-7-11-19/h2-11,20H,1,12-15H2. The van der Waals surface area contributed by atoms with E-state index < -0.39 is 0 Å². The van der Waals surface area contributed by atoms with Gasteiger partial charge in [-0.1, -0.05) is 72.8 Å². The molecule has 3 rings (SSSR count). The highest BCUT2D eigenvalue weighted by molar-refractivity contribution is 5.28. The molecule has 1 unspecified atom stereocenters. The van der Waals surface area contributed by atoms with Crippen molar-refractivity contribution in [3.05, 3.63) is 83.9 Å². The van der Waals surface area contributed by atoms with Gasteiger partial charge in [-0.25, -0.2) is 0 Å². The van der Waals surface area contributed by atoms with E-state index >= 15 is 0 Å². The summed E-state index contributed by atoms with van der Waals surface area (Å²) in [5.74, 6) is 0.0559. The van der Waals surface area contributed by atoms with Gasteiger partial charge >= 0.3 is 0 Å². The molecule has 0 N–H and O–H groups in total. The van der Waals surface area contributed by atoms with Crippen LogP contribution in [0.5, 0.6) is 0 Å². The summed E-state index contributed by atoms with van der Waals surface area (Å²) in [6.07, 6.45) is 3.69. The molecule has 0 aromatic heterocycles. The molecule has 2 aromatic rings. The molecular formula is C21H21N. The van der Waals surface area contributed by atoms with E-state index in [0.717, 1.165) is 25.7 Å². The maximum Gasteiger partial charge on any atom is 0.0665 e. The van der Waals surface area contributed by atoms with Crippen molar-refractivity contribution in [1.82, 2.24) is 0 Å². The van der Waals surface area contributed by atoms with E-state index in [1.807, 2.05) is 12.1 Å². The molecule has 2 aromatic carbocycles. The van der Waals surface area contributed by atoms with Gasteiger partial charge in [0, 0.05) is 0 Å². The third kappa shape index (κ3) is 2.97. The third-order valence-electron chi connectivity index (χ3n) is 4.79. The maximum absolute atomic E-state index is 9.68. The summed E-state index contributed by atoms with van der Waals surface area (Å²) in [5.41, 5.74) is 3.83. The van der Waals surface area contributed by atoms with Gasteiger partial charge in [0.05, 0.1) is 12.0 Å². The topological polar surface area (TPSA) is 23.8 Å². The average molecular weight is 287 g/mol. The molecule has 0 bridgehead atoms. The number of benzene rings is 2. The van der Waals surface area contributed by atoms with Gasteiger partial charge < -0.3 is 0 Å². The zero-order valence-corrected chi connectivity index (χ0v) is 12.8. The number of allylic oxidation sites excluding steroid dienone is 1. The van der Waals surface area contributed by atoms with Crippen molar-refractivity contribution in [2.24, 2.45) is 11.3 Å². The number of rotatable bonds is 4. The Hall–Kier alpha value is -2.33. The van der Waals surface area contributed by atoms with Crippen LogP contribution in [0.4, 0.5) is 0 Å². The van der Waals surface area contributed by atoms with Crippen molar-refractivity contribution in [2.75, 3.05) is 0 Å². The van der Waals surface area contributed by atoms with Crippen LogP contribution in [0.15, 0.2) is 72.8 Å². The molecule has 0 amide bonds. The van der Waals surface area contributed by atoms with Crippen molar-refractivity contribution in [2.45, 2.75) is 25.7 Å². The molecule has 1 aliphatic rings. The summed E-state index contributed by atoms with van der Waals surface area (Å²) in [6, 6.07) is 23.6. The van der Waals surface area contributed by atoms with Gasteiger partial charge in [0.2, 0.25) is 0 Å². The molecule has 1 nitrogen and oxygen atoms in total. The molecular weight excluding hydrogens is 266 g/mol. The van der Waals surface area contributed by atoms with Gasteiger partial charge in [0.1, 0.15) is 0 Å². The molecule has 0 radical (unpaired) electrons. The lowest BCUT2D eigenvalue weighted by Crippen LogP contribution is -2.30. The van der Waals surface area contributed by atoms with Crippen molar-refractivity contribution < 1.29 is 0 Å². The van der Waals surface area contributed by atoms with Crippen LogP contribution in [-0.4, -0.2) is 0 Å². The Balaban J connectivity index is 1.95. The SMILES string of the molecule is C=C1CC(C#N)C(Cc2ccccc2)(Cc2ccccc2)C1. The summed E-state index contributed by atoms with van der Waals surface area (Å²) in [4.78, 5) is 0. The van der Waals surface area contributed by atoms with Crippen molar-refractivity contribution in [1.29, 1.82) is 5.26 Å². The van der Waals surface area contributed by atoms with E-state index in [-0.39, 0.29) is 11.3 Å². The van der Waals surface area contributed by atoms with Crippen LogP contribution in [0.25, 0.3) is 0 Å². The summed E-state index contributed by atoms with van der Waals surface area (Å²) in [7, 11) is 0. The minimum Gasteiger partial charge on any atom is -0.198 e. The van der Waals surface area contributed by atoms with Crippen molar-refractivity contribution in [3.63, 3.8) is 0 Å². The van der Waals surface area contributed by atoms with Gasteiger partial charge in [-0.15, -0.1) is 0 Å². The summed E-state index contributed by atoms with van der Waals surface area (Å²) in [5, 5.41) is 9.68. The Labute approximate surface area is 132 Å². The maximum atomic E-state index is 9.68. The van der Waals surface area contributed by atoms with Crippen molar-refractivity contribution in [3.8, 4) is 6.07 Å². The molecule has 22 heavy (non-hydrogen) atoms. The zero-order chi connectivity index (χ0) is 15.4. The first-order valence-corrected chi connectivity index (χ1v) is 7.86. The molecule has 0 spiro atoms. The molecule has 0 saturated heterocycles. The molecule has 1 atom stereocenters. The highest BCUT2D eigenvalue weighted by Gasteiger charge is 2.44. The highest BCUT2D eigenvalue weighted by Crippen LogP contribution is 2.49. The molecule has 1 fully saturated rings. The second-order valence-corrected chi connectivity index (χ2v) is 6.50. The summed E-state index contributed by atoms with van der Waals surface area (Å²) < 4.78 is 0. The van der Waals surface area contributed by atoms with Gasteiger partial charge in [0.25, 0.3) is 0 Å². The van der Waals surface area contributed by atoms with E-state index in [0.29, 0.717) is 0 Å². The first-order chi connectivity index (χ1) is 10.7. The Bertz CT molecular complexity index is 637. The van der Waals surface area contributed by atoms with E-state index in [1.165, 1.54) is 16.7 Å². The number of nitrogens with zero attached hydrogens (tertiary/aromatic N) is 1. The Morgan fingerprint density at radius 3 is 1.91 bits per heavy atom. The Morgan fingerprint density at radius 1 is 0.955 bits per heavy atom. The third-order valence-corrected chi connectivity index (χ3v) is 4.79. The highest BCUT2D eigenvalue weighted by atomic mass is 14.5. The lowest BCUT2D eigenvalue weighted by Gasteiger charge is -2.32. The second-order valence-electron chi connectivity index (χ2n) is 6.50. The molecule has 1 heteroatoms. The van der Waals surface area contributed by atoms with E-state index in [2.05, 4.69) is 61.2 Å². The van der Waals surface area contributed by atoms with E-state index in [1.54, 1.807) is 0 Å². The molecule has 1 saturated carbocycles. The normalized spacial score (nSPS) is 19.8. The van der Waals surface area contributed by atoms with Crippen LogP contribution in [-0.2, 0) is 12.8 Å². The minimum absolute atomic E-state index is 0.0193. The number of hydrogen-bond donors (Lipinski definition) is 0. The van der Waals surface area contributed by atoms with Gasteiger partial charge in [-0.2, -0.15) is 5.26 Å². The van der Waals surface area contributed by atoms with Crippen LogP contribution >= 0.6 is 0 Å². The number of nitriles is 1. The molecule has 0 heterocycles. The predicted molar refractivity (Wildman–Crippen MR) is 90.2 cm³/mol. The summed E-state index contributed by atoms with van der Waals surface area (Å²) >= 11 is 0. The summed E-state index contributed by atoms with van der Waals surface area (Å²) in [6.45, 7) is 4.18. The van der Waals surface area contributed by atoms with Crippen LogP contribution in [0, 0.1) is 22.7 Å². The molecule has 1 aliphatic carbocycles. The largest absolute Gasteiger partial charge is 0.198 e. The van der Waals surface area contributed by atoms with E-state index in [9.17, 15) is 5.26 Å². The van der Waals surface area contributed by atoms with Crippen LogP contribution in [0.1, 0.15) is 24.0 Å². The van der Waals surface area contributed by atoms with Gasteiger partial charge in [-0.3, -0.25) is 0 Å². The fourth-order valence-corrected chi connectivity index (χ4v) is 3.82. The van der Waals surface area contributed by atoms with Crippen LogP contribution < -0.4 is 0 Å². The monoisotopic (exact) mass is 287 g/mol. The Kier molecular flexibility index (Phi) is 4.11. The first kappa shape index (κ1) is 14.6.